The van der Waals surface area contributed by atoms with Gasteiger partial charge in [0.2, 0.25) is 0 Å². The lowest BCUT2D eigenvalue weighted by Crippen LogP contribution is -2.25. The Morgan fingerprint density at radius 3 is 2.60 bits per heavy atom. The molecule has 0 atom stereocenters. The Kier molecular flexibility index (Phi) is 3.36. The van der Waals surface area contributed by atoms with E-state index in [-0.39, 0.29) is 16.5 Å². The van der Waals surface area contributed by atoms with E-state index in [1.54, 1.807) is 0 Å². The van der Waals surface area contributed by atoms with Crippen molar-refractivity contribution >= 4 is 11.6 Å². The van der Waals surface area contributed by atoms with Crippen molar-refractivity contribution < 1.29 is 18.6 Å². The maximum Gasteiger partial charge on any atom is 0.286 e. The van der Waals surface area contributed by atoms with Crippen LogP contribution in [0.3, 0.4) is 0 Å². The number of alkyl halides is 2. The Bertz CT molecular complexity index is 371. The molecule has 0 amide bonds. The third kappa shape index (κ3) is 2.30. The van der Waals surface area contributed by atoms with Crippen LogP contribution in [0, 0.1) is 0 Å². The first-order valence-corrected chi connectivity index (χ1v) is 4.45. The topological polar surface area (TPSA) is 55.5 Å². The fourth-order valence-electron chi connectivity index (χ4n) is 1.10. The molecule has 0 heterocycles. The normalized spacial score (nSPS) is 11.5. The molecule has 0 fully saturated rings. The van der Waals surface area contributed by atoms with Gasteiger partial charge in [-0.2, -0.15) is 8.78 Å². The highest BCUT2D eigenvalue weighted by Crippen LogP contribution is 2.39. The van der Waals surface area contributed by atoms with Gasteiger partial charge in [0.25, 0.3) is 5.92 Å². The summed E-state index contributed by atoms with van der Waals surface area (Å²) in [4.78, 5) is 0. The molecule has 0 spiro atoms. The van der Waals surface area contributed by atoms with Crippen LogP contribution in [0.25, 0.3) is 0 Å². The van der Waals surface area contributed by atoms with Gasteiger partial charge >= 0.3 is 0 Å². The number of phenols is 1. The quantitative estimate of drug-likeness (QED) is 0.847. The number of methoxy groups -OCH3 is 1. The van der Waals surface area contributed by atoms with Crippen molar-refractivity contribution in [1.82, 2.24) is 0 Å². The fraction of sp³-hybridized carbons (Fsp3) is 0.333. The van der Waals surface area contributed by atoms with Crippen molar-refractivity contribution in [2.45, 2.75) is 5.92 Å². The van der Waals surface area contributed by atoms with E-state index in [1.807, 2.05) is 0 Å². The Hall–Kier alpha value is -1.07. The SMILES string of the molecule is COc1cc(C(F)(F)CN)c(Cl)cc1O. The molecule has 0 radical (unpaired) electrons. The molecule has 1 aromatic carbocycles. The molecule has 15 heavy (non-hydrogen) atoms. The van der Waals surface area contributed by atoms with Gasteiger partial charge in [-0.05, 0) is 6.07 Å². The Morgan fingerprint density at radius 2 is 2.13 bits per heavy atom. The van der Waals surface area contributed by atoms with E-state index in [9.17, 15) is 13.9 Å². The van der Waals surface area contributed by atoms with Crippen molar-refractivity contribution in [3.63, 3.8) is 0 Å². The molecular weight excluding hydrogens is 228 g/mol. The lowest BCUT2D eigenvalue weighted by Gasteiger charge is -2.17. The number of aromatic hydroxyl groups is 1. The Morgan fingerprint density at radius 1 is 1.53 bits per heavy atom. The predicted molar refractivity (Wildman–Crippen MR) is 52.6 cm³/mol. The average molecular weight is 238 g/mol. The largest absolute Gasteiger partial charge is 0.504 e. The number of ether oxygens (including phenoxy) is 1. The van der Waals surface area contributed by atoms with Crippen molar-refractivity contribution in [1.29, 1.82) is 0 Å². The molecule has 0 aromatic heterocycles. The first kappa shape index (κ1) is 12.0. The van der Waals surface area contributed by atoms with Crippen LogP contribution >= 0.6 is 11.6 Å². The molecule has 0 aliphatic heterocycles. The molecule has 0 saturated heterocycles. The minimum absolute atomic E-state index is 0.0671. The number of benzene rings is 1. The van der Waals surface area contributed by atoms with Gasteiger partial charge in [0.15, 0.2) is 11.5 Å². The second kappa shape index (κ2) is 4.20. The molecular formula is C9H10ClF2NO2. The van der Waals surface area contributed by atoms with E-state index >= 15 is 0 Å². The summed E-state index contributed by atoms with van der Waals surface area (Å²) in [6, 6.07) is 1.98. The van der Waals surface area contributed by atoms with Crippen LogP contribution in [-0.2, 0) is 5.92 Å². The highest BCUT2D eigenvalue weighted by atomic mass is 35.5. The summed E-state index contributed by atoms with van der Waals surface area (Å²) in [5.41, 5.74) is 4.47. The molecule has 0 unspecified atom stereocenters. The van der Waals surface area contributed by atoms with E-state index < -0.39 is 18.0 Å². The highest BCUT2D eigenvalue weighted by Gasteiger charge is 2.33. The van der Waals surface area contributed by atoms with Gasteiger partial charge < -0.3 is 15.6 Å². The monoisotopic (exact) mass is 237 g/mol. The molecule has 1 aromatic rings. The molecule has 84 valence electrons. The molecule has 0 aliphatic rings. The Balaban J connectivity index is 3.30. The first-order chi connectivity index (χ1) is 6.92. The second-order valence-corrected chi connectivity index (χ2v) is 3.32. The predicted octanol–water partition coefficient (Wildman–Crippen LogP) is 2.10. The van der Waals surface area contributed by atoms with Crippen LogP contribution in [0.4, 0.5) is 8.78 Å². The summed E-state index contributed by atoms with van der Waals surface area (Å²) in [7, 11) is 1.26. The summed E-state index contributed by atoms with van der Waals surface area (Å²) >= 11 is 5.57. The number of rotatable bonds is 3. The van der Waals surface area contributed by atoms with E-state index in [4.69, 9.17) is 22.1 Å². The molecule has 3 N–H and O–H groups in total. The minimum Gasteiger partial charge on any atom is -0.504 e. The van der Waals surface area contributed by atoms with Gasteiger partial charge in [-0.15, -0.1) is 0 Å². The summed E-state index contributed by atoms with van der Waals surface area (Å²) in [5.74, 6) is -3.60. The molecule has 6 heteroatoms. The van der Waals surface area contributed by atoms with Crippen LogP contribution in [0.5, 0.6) is 11.5 Å². The van der Waals surface area contributed by atoms with E-state index in [2.05, 4.69) is 0 Å². The van der Waals surface area contributed by atoms with Crippen molar-refractivity contribution in [3.05, 3.63) is 22.7 Å². The van der Waals surface area contributed by atoms with E-state index in [1.165, 1.54) is 7.11 Å². The fourth-order valence-corrected chi connectivity index (χ4v) is 1.39. The number of halogens is 3. The second-order valence-electron chi connectivity index (χ2n) is 2.91. The van der Waals surface area contributed by atoms with Gasteiger partial charge in [0.05, 0.1) is 18.7 Å². The van der Waals surface area contributed by atoms with Crippen molar-refractivity contribution in [3.8, 4) is 11.5 Å². The molecule has 0 bridgehead atoms. The van der Waals surface area contributed by atoms with E-state index in [0.717, 1.165) is 12.1 Å². The third-order valence-electron chi connectivity index (χ3n) is 1.92. The van der Waals surface area contributed by atoms with Gasteiger partial charge in [-0.25, -0.2) is 0 Å². The average Bonchev–Trinajstić information content (AvgIpc) is 2.17. The smallest absolute Gasteiger partial charge is 0.286 e. The van der Waals surface area contributed by atoms with Crippen LogP contribution in [-0.4, -0.2) is 18.8 Å². The number of phenolic OH excluding ortho intramolecular Hbond substituents is 1. The summed E-state index contributed by atoms with van der Waals surface area (Å²) in [5, 5.41) is 9.02. The van der Waals surface area contributed by atoms with Crippen LogP contribution < -0.4 is 10.5 Å². The first-order valence-electron chi connectivity index (χ1n) is 4.07. The number of nitrogens with two attached hydrogens (primary N) is 1. The lowest BCUT2D eigenvalue weighted by atomic mass is 10.1. The van der Waals surface area contributed by atoms with Crippen LogP contribution in [0.1, 0.15) is 5.56 Å². The third-order valence-corrected chi connectivity index (χ3v) is 2.23. The van der Waals surface area contributed by atoms with Gasteiger partial charge in [0, 0.05) is 11.6 Å². The Labute approximate surface area is 90.4 Å². The minimum atomic E-state index is -3.24. The summed E-state index contributed by atoms with van der Waals surface area (Å²) in [6.07, 6.45) is 0. The zero-order valence-corrected chi connectivity index (χ0v) is 8.68. The van der Waals surface area contributed by atoms with Gasteiger partial charge in [-0.1, -0.05) is 11.6 Å². The highest BCUT2D eigenvalue weighted by molar-refractivity contribution is 6.31. The molecule has 0 aliphatic carbocycles. The molecule has 0 saturated carbocycles. The summed E-state index contributed by atoms with van der Waals surface area (Å²) < 4.78 is 31.2. The van der Waals surface area contributed by atoms with Crippen LogP contribution in [0.15, 0.2) is 12.1 Å². The molecule has 3 nitrogen and oxygen atoms in total. The lowest BCUT2D eigenvalue weighted by molar-refractivity contribution is 0.00583. The van der Waals surface area contributed by atoms with Crippen LogP contribution in [0.2, 0.25) is 5.02 Å². The number of hydrogen-bond donors (Lipinski definition) is 2. The van der Waals surface area contributed by atoms with Gasteiger partial charge in [-0.3, -0.25) is 0 Å². The van der Waals surface area contributed by atoms with Crippen molar-refractivity contribution in [2.24, 2.45) is 5.73 Å². The van der Waals surface area contributed by atoms with E-state index in [0.29, 0.717) is 0 Å². The zero-order chi connectivity index (χ0) is 11.6. The zero-order valence-electron chi connectivity index (χ0n) is 7.93. The maximum absolute atomic E-state index is 13.2. The van der Waals surface area contributed by atoms with Gasteiger partial charge in [0.1, 0.15) is 0 Å². The maximum atomic E-state index is 13.2. The standard InChI is InChI=1S/C9H10ClF2NO2/c1-15-8-2-5(9(11,12)4-13)6(10)3-7(8)14/h2-3,14H,4,13H2,1H3. The summed E-state index contributed by atoms with van der Waals surface area (Å²) in [6.45, 7) is -0.860. The molecule has 1 rings (SSSR count). The number of hydrogen-bond acceptors (Lipinski definition) is 3. The van der Waals surface area contributed by atoms with Crippen molar-refractivity contribution in [2.75, 3.05) is 13.7 Å².